The lowest BCUT2D eigenvalue weighted by atomic mass is 10.1. The molecule has 0 aliphatic carbocycles. The molecule has 1 heterocycles. The van der Waals surface area contributed by atoms with E-state index in [1.165, 1.54) is 18.4 Å². The lowest BCUT2D eigenvalue weighted by molar-refractivity contribution is -0.117. The van der Waals surface area contributed by atoms with E-state index in [0.717, 1.165) is 11.1 Å². The third-order valence-corrected chi connectivity index (χ3v) is 4.88. The molecule has 2 N–H and O–H groups in total. The van der Waals surface area contributed by atoms with E-state index in [4.69, 9.17) is 4.74 Å². The molecule has 0 aliphatic heterocycles. The predicted molar refractivity (Wildman–Crippen MR) is 109 cm³/mol. The summed E-state index contributed by atoms with van der Waals surface area (Å²) in [5.74, 6) is -0.162. The first-order valence-corrected chi connectivity index (χ1v) is 9.44. The number of anilines is 1. The van der Waals surface area contributed by atoms with Crippen molar-refractivity contribution in [3.63, 3.8) is 0 Å². The van der Waals surface area contributed by atoms with Gasteiger partial charge < -0.3 is 10.1 Å². The second-order valence-corrected chi connectivity index (χ2v) is 7.18. The lowest BCUT2D eigenvalue weighted by Gasteiger charge is -2.13. The van der Waals surface area contributed by atoms with Crippen LogP contribution in [0.15, 0.2) is 48.5 Å². The Hall–Kier alpha value is -3.26. The van der Waals surface area contributed by atoms with E-state index >= 15 is 0 Å². The van der Waals surface area contributed by atoms with Crippen molar-refractivity contribution in [2.75, 3.05) is 12.4 Å². The van der Waals surface area contributed by atoms with Gasteiger partial charge in [0.15, 0.2) is 0 Å². The maximum absolute atomic E-state index is 12.4. The number of rotatable bonds is 6. The van der Waals surface area contributed by atoms with Gasteiger partial charge in [0.25, 0.3) is 5.91 Å². The Morgan fingerprint density at radius 3 is 2.64 bits per heavy atom. The van der Waals surface area contributed by atoms with E-state index < -0.39 is 6.04 Å². The third kappa shape index (κ3) is 4.72. The maximum atomic E-state index is 12.4. The van der Waals surface area contributed by atoms with Crippen LogP contribution in [0.5, 0.6) is 5.75 Å². The molecule has 1 atom stereocenters. The van der Waals surface area contributed by atoms with Crippen molar-refractivity contribution in [3.8, 4) is 16.3 Å². The first kappa shape index (κ1) is 19.5. The van der Waals surface area contributed by atoms with Gasteiger partial charge in [0.1, 0.15) is 16.8 Å². The summed E-state index contributed by atoms with van der Waals surface area (Å²) in [7, 11) is 1.53. The Morgan fingerprint density at radius 1 is 1.11 bits per heavy atom. The number of methoxy groups -OCH3 is 1. The number of aromatic nitrogens is 2. The summed E-state index contributed by atoms with van der Waals surface area (Å²) in [6, 6.07) is 13.9. The average Bonchev–Trinajstić information content (AvgIpc) is 3.16. The number of nitrogens with zero attached hydrogens (tertiary/aromatic N) is 2. The minimum absolute atomic E-state index is 0.362. The highest BCUT2D eigenvalue weighted by Crippen LogP contribution is 2.26. The number of carbonyl (C=O) groups is 2. The van der Waals surface area contributed by atoms with Crippen LogP contribution >= 0.6 is 11.3 Å². The van der Waals surface area contributed by atoms with Gasteiger partial charge in [-0.05, 0) is 38.1 Å². The number of nitrogens with one attached hydrogen (secondary N) is 2. The number of amides is 2. The average molecular weight is 396 g/mol. The number of hydrogen-bond donors (Lipinski definition) is 2. The zero-order chi connectivity index (χ0) is 20.1. The van der Waals surface area contributed by atoms with Crippen LogP contribution in [0.2, 0.25) is 0 Å². The molecule has 0 fully saturated rings. The van der Waals surface area contributed by atoms with Gasteiger partial charge in [-0.1, -0.05) is 41.2 Å². The lowest BCUT2D eigenvalue weighted by Crippen LogP contribution is -2.41. The van der Waals surface area contributed by atoms with Crippen LogP contribution in [0, 0.1) is 6.92 Å². The molecule has 2 amide bonds. The SMILES string of the molecule is COc1cccc(C(=O)N[C@@H](C)C(=O)Nc2nnc(-c3cccc(C)c3)s2)c1. The van der Waals surface area contributed by atoms with E-state index in [9.17, 15) is 9.59 Å². The van der Waals surface area contributed by atoms with E-state index in [0.29, 0.717) is 21.5 Å². The molecule has 0 spiro atoms. The topological polar surface area (TPSA) is 93.2 Å². The van der Waals surface area contributed by atoms with E-state index in [2.05, 4.69) is 20.8 Å². The minimum atomic E-state index is -0.745. The van der Waals surface area contributed by atoms with Gasteiger partial charge in [0, 0.05) is 11.1 Å². The molecule has 2 aromatic carbocycles. The van der Waals surface area contributed by atoms with Crippen molar-refractivity contribution >= 4 is 28.3 Å². The molecule has 144 valence electrons. The second kappa shape index (κ2) is 8.62. The molecule has 3 aromatic rings. The van der Waals surface area contributed by atoms with Gasteiger partial charge in [-0.25, -0.2) is 0 Å². The summed E-state index contributed by atoms with van der Waals surface area (Å²) in [5.41, 5.74) is 2.47. The van der Waals surface area contributed by atoms with Gasteiger partial charge in [-0.15, -0.1) is 10.2 Å². The molecule has 28 heavy (non-hydrogen) atoms. The minimum Gasteiger partial charge on any atom is -0.497 e. The van der Waals surface area contributed by atoms with Crippen LogP contribution in [0.4, 0.5) is 5.13 Å². The number of hydrogen-bond acceptors (Lipinski definition) is 6. The van der Waals surface area contributed by atoms with Crippen molar-refractivity contribution in [2.45, 2.75) is 19.9 Å². The molecule has 0 unspecified atom stereocenters. The van der Waals surface area contributed by atoms with Crippen LogP contribution in [-0.4, -0.2) is 35.2 Å². The van der Waals surface area contributed by atoms with Crippen LogP contribution in [0.25, 0.3) is 10.6 Å². The first-order valence-electron chi connectivity index (χ1n) is 8.62. The predicted octanol–water partition coefficient (Wildman–Crippen LogP) is 3.28. The number of aryl methyl sites for hydroxylation is 1. The standard InChI is InChI=1S/C20H20N4O3S/c1-12-6-4-8-15(10-12)19-23-24-20(28-19)22-17(25)13(2)21-18(26)14-7-5-9-16(11-14)27-3/h4-11,13H,1-3H3,(H,21,26)(H,22,24,25)/t13-/m0/s1. The fraction of sp³-hybridized carbons (Fsp3) is 0.200. The smallest absolute Gasteiger partial charge is 0.252 e. The molecule has 3 rings (SSSR count). The summed E-state index contributed by atoms with van der Waals surface area (Å²) < 4.78 is 5.11. The molecule has 8 heteroatoms. The largest absolute Gasteiger partial charge is 0.497 e. The summed E-state index contributed by atoms with van der Waals surface area (Å²) in [6.07, 6.45) is 0. The van der Waals surface area contributed by atoms with Crippen LogP contribution in [-0.2, 0) is 4.79 Å². The molecule has 1 aromatic heterocycles. The number of benzene rings is 2. The van der Waals surface area contributed by atoms with Gasteiger partial charge in [-0.2, -0.15) is 0 Å². The summed E-state index contributed by atoms with van der Waals surface area (Å²) >= 11 is 1.28. The molecule has 7 nitrogen and oxygen atoms in total. The van der Waals surface area contributed by atoms with Crippen LogP contribution < -0.4 is 15.4 Å². The molecular formula is C20H20N4O3S. The Morgan fingerprint density at radius 2 is 1.89 bits per heavy atom. The van der Waals surface area contributed by atoms with Crippen molar-refractivity contribution in [3.05, 3.63) is 59.7 Å². The summed E-state index contributed by atoms with van der Waals surface area (Å²) in [5, 5.41) is 14.6. The number of ether oxygens (including phenoxy) is 1. The van der Waals surface area contributed by atoms with Crippen molar-refractivity contribution in [2.24, 2.45) is 0 Å². The van der Waals surface area contributed by atoms with E-state index in [-0.39, 0.29) is 11.8 Å². The summed E-state index contributed by atoms with van der Waals surface area (Å²) in [4.78, 5) is 24.7. The molecular weight excluding hydrogens is 376 g/mol. The molecule has 0 aliphatic rings. The molecule has 0 saturated carbocycles. The van der Waals surface area contributed by atoms with Crippen molar-refractivity contribution < 1.29 is 14.3 Å². The maximum Gasteiger partial charge on any atom is 0.252 e. The van der Waals surface area contributed by atoms with Crippen molar-refractivity contribution in [1.82, 2.24) is 15.5 Å². The fourth-order valence-corrected chi connectivity index (χ4v) is 3.23. The normalized spacial score (nSPS) is 11.5. The van der Waals surface area contributed by atoms with E-state index in [1.807, 2.05) is 31.2 Å². The van der Waals surface area contributed by atoms with Gasteiger partial charge in [0.05, 0.1) is 7.11 Å². The Balaban J connectivity index is 1.62. The molecule has 0 bridgehead atoms. The van der Waals surface area contributed by atoms with Gasteiger partial charge in [-0.3, -0.25) is 14.9 Å². The van der Waals surface area contributed by atoms with Crippen LogP contribution in [0.3, 0.4) is 0 Å². The second-order valence-electron chi connectivity index (χ2n) is 6.20. The fourth-order valence-electron chi connectivity index (χ4n) is 2.49. The van der Waals surface area contributed by atoms with E-state index in [1.54, 1.807) is 31.2 Å². The molecule has 0 saturated heterocycles. The Kier molecular flexibility index (Phi) is 6.00. The number of carbonyl (C=O) groups excluding carboxylic acids is 2. The monoisotopic (exact) mass is 396 g/mol. The third-order valence-electron chi connectivity index (χ3n) is 3.99. The van der Waals surface area contributed by atoms with Crippen molar-refractivity contribution in [1.29, 1.82) is 0 Å². The van der Waals surface area contributed by atoms with Gasteiger partial charge in [0.2, 0.25) is 11.0 Å². The highest BCUT2D eigenvalue weighted by Gasteiger charge is 2.19. The zero-order valence-electron chi connectivity index (χ0n) is 15.7. The highest BCUT2D eigenvalue weighted by molar-refractivity contribution is 7.18. The quantitative estimate of drug-likeness (QED) is 0.667. The first-order chi connectivity index (χ1) is 13.5. The highest BCUT2D eigenvalue weighted by atomic mass is 32.1. The Bertz CT molecular complexity index is 1000. The summed E-state index contributed by atoms with van der Waals surface area (Å²) in [6.45, 7) is 3.61. The van der Waals surface area contributed by atoms with Crippen LogP contribution in [0.1, 0.15) is 22.8 Å². The molecule has 0 radical (unpaired) electrons. The zero-order valence-corrected chi connectivity index (χ0v) is 16.5. The Labute approximate surface area is 166 Å². The van der Waals surface area contributed by atoms with Gasteiger partial charge >= 0.3 is 0 Å².